The molecule has 0 saturated carbocycles. The second kappa shape index (κ2) is 7.93. The summed E-state index contributed by atoms with van der Waals surface area (Å²) in [7, 11) is 3.60. The minimum Gasteiger partial charge on any atom is -0.359 e. The van der Waals surface area contributed by atoms with Crippen molar-refractivity contribution >= 4 is 35.6 Å². The van der Waals surface area contributed by atoms with E-state index in [1.54, 1.807) is 7.05 Å². The van der Waals surface area contributed by atoms with E-state index in [1.807, 2.05) is 35.8 Å². The van der Waals surface area contributed by atoms with Gasteiger partial charge >= 0.3 is 0 Å². The van der Waals surface area contributed by atoms with E-state index in [1.165, 1.54) is 0 Å². The molecule has 0 aromatic carbocycles. The van der Waals surface area contributed by atoms with Crippen LogP contribution in [-0.4, -0.2) is 41.2 Å². The largest absolute Gasteiger partial charge is 0.359 e. The van der Waals surface area contributed by atoms with Gasteiger partial charge in [-0.15, -0.1) is 34.2 Å². The monoisotopic (exact) mass is 374 g/mol. The number of hydrogen-bond acceptors (Lipinski definition) is 3. The van der Waals surface area contributed by atoms with Crippen LogP contribution in [0.15, 0.2) is 29.4 Å². The predicted molar refractivity (Wildman–Crippen MR) is 87.1 cm³/mol. The summed E-state index contributed by atoms with van der Waals surface area (Å²) in [4.78, 5) is 4.05. The maximum atomic E-state index is 4.19. The number of aliphatic imine (C=N–C) groups is 1. The summed E-state index contributed by atoms with van der Waals surface area (Å²) >= 11 is 0. The van der Waals surface area contributed by atoms with Crippen molar-refractivity contribution in [3.05, 3.63) is 30.2 Å². The average Bonchev–Trinajstić information content (AvgIpc) is 2.82. The lowest BCUT2D eigenvalue weighted by atomic mass is 10.3. The van der Waals surface area contributed by atoms with Gasteiger partial charge in [0.1, 0.15) is 5.82 Å². The Hall–Kier alpha value is -1.38. The fraction of sp³-hybridized carbons (Fsp3) is 0.417. The molecule has 0 bridgehead atoms. The number of rotatable bonds is 4. The zero-order chi connectivity index (χ0) is 12.8. The molecule has 2 rings (SSSR count). The summed E-state index contributed by atoms with van der Waals surface area (Å²) in [5.41, 5.74) is 0.895. The van der Waals surface area contributed by atoms with E-state index in [0.29, 0.717) is 0 Å². The van der Waals surface area contributed by atoms with E-state index in [9.17, 15) is 0 Å². The molecule has 0 aliphatic carbocycles. The number of fused-ring (bicyclic) bond motifs is 1. The molecule has 0 radical (unpaired) electrons. The zero-order valence-electron chi connectivity index (χ0n) is 11.1. The standard InChI is InChI=1S/C12H18N6.HI/c1-13-12(14-2)15-8-5-7-11-17-16-10-6-3-4-9-18(10)11;/h3-4,6,9H,5,7-8H2,1-2H3,(H2,13,14,15);1H. The molecule has 0 atom stereocenters. The minimum absolute atomic E-state index is 0. The van der Waals surface area contributed by atoms with Crippen LogP contribution in [0, 0.1) is 0 Å². The molecule has 0 aliphatic rings. The second-order valence-corrected chi connectivity index (χ2v) is 3.90. The van der Waals surface area contributed by atoms with Gasteiger partial charge in [0.25, 0.3) is 0 Å². The van der Waals surface area contributed by atoms with Gasteiger partial charge in [0.2, 0.25) is 0 Å². The number of hydrogen-bond donors (Lipinski definition) is 2. The van der Waals surface area contributed by atoms with Crippen LogP contribution >= 0.6 is 24.0 Å². The molecule has 0 unspecified atom stereocenters. The topological polar surface area (TPSA) is 66.6 Å². The summed E-state index contributed by atoms with van der Waals surface area (Å²) in [6.07, 6.45) is 3.86. The van der Waals surface area contributed by atoms with Crippen LogP contribution in [0.5, 0.6) is 0 Å². The lowest BCUT2D eigenvalue weighted by Gasteiger charge is -2.07. The molecule has 0 spiro atoms. The summed E-state index contributed by atoms with van der Waals surface area (Å²) in [5, 5.41) is 14.5. The van der Waals surface area contributed by atoms with Gasteiger partial charge in [-0.1, -0.05) is 6.07 Å². The molecule has 0 saturated heterocycles. The fourth-order valence-electron chi connectivity index (χ4n) is 1.79. The van der Waals surface area contributed by atoms with E-state index < -0.39 is 0 Å². The van der Waals surface area contributed by atoms with Gasteiger partial charge in [-0.25, -0.2) is 0 Å². The van der Waals surface area contributed by atoms with Gasteiger partial charge in [0.05, 0.1) is 0 Å². The summed E-state index contributed by atoms with van der Waals surface area (Å²) in [5.74, 6) is 1.80. The van der Waals surface area contributed by atoms with E-state index in [-0.39, 0.29) is 24.0 Å². The van der Waals surface area contributed by atoms with Crippen molar-refractivity contribution < 1.29 is 0 Å². The maximum Gasteiger partial charge on any atom is 0.190 e. The van der Waals surface area contributed by atoms with Gasteiger partial charge in [-0.2, -0.15) is 0 Å². The summed E-state index contributed by atoms with van der Waals surface area (Å²) < 4.78 is 2.02. The van der Waals surface area contributed by atoms with Crippen molar-refractivity contribution in [1.29, 1.82) is 0 Å². The number of nitrogens with one attached hydrogen (secondary N) is 2. The van der Waals surface area contributed by atoms with Crippen molar-refractivity contribution in [1.82, 2.24) is 25.2 Å². The Morgan fingerprint density at radius 1 is 1.37 bits per heavy atom. The molecular formula is C12H19IN6. The van der Waals surface area contributed by atoms with Crippen LogP contribution in [0.25, 0.3) is 5.65 Å². The van der Waals surface area contributed by atoms with E-state index in [4.69, 9.17) is 0 Å². The molecule has 0 fully saturated rings. The lowest BCUT2D eigenvalue weighted by Crippen LogP contribution is -2.35. The summed E-state index contributed by atoms with van der Waals surface area (Å²) in [6.45, 7) is 0.856. The fourth-order valence-corrected chi connectivity index (χ4v) is 1.79. The highest BCUT2D eigenvalue weighted by Gasteiger charge is 2.03. The molecule has 2 heterocycles. The van der Waals surface area contributed by atoms with Crippen LogP contribution in [0.2, 0.25) is 0 Å². The van der Waals surface area contributed by atoms with Gasteiger partial charge in [0.15, 0.2) is 11.6 Å². The number of pyridine rings is 1. The van der Waals surface area contributed by atoms with Crippen molar-refractivity contribution in [2.24, 2.45) is 4.99 Å². The summed E-state index contributed by atoms with van der Waals surface area (Å²) in [6, 6.07) is 5.91. The Labute approximate surface area is 129 Å². The number of aromatic nitrogens is 3. The Balaban J connectivity index is 0.00000180. The Morgan fingerprint density at radius 3 is 2.95 bits per heavy atom. The van der Waals surface area contributed by atoms with Crippen molar-refractivity contribution in [3.8, 4) is 0 Å². The molecule has 2 aromatic heterocycles. The van der Waals surface area contributed by atoms with Crippen molar-refractivity contribution in [2.75, 3.05) is 20.6 Å². The number of nitrogens with zero attached hydrogens (tertiary/aromatic N) is 4. The van der Waals surface area contributed by atoms with Crippen LogP contribution in [0.1, 0.15) is 12.2 Å². The van der Waals surface area contributed by atoms with Gasteiger partial charge in [-0.3, -0.25) is 9.39 Å². The van der Waals surface area contributed by atoms with Crippen LogP contribution in [0.4, 0.5) is 0 Å². The second-order valence-electron chi connectivity index (χ2n) is 3.90. The number of aryl methyl sites for hydroxylation is 1. The molecule has 19 heavy (non-hydrogen) atoms. The van der Waals surface area contributed by atoms with Crippen molar-refractivity contribution in [2.45, 2.75) is 12.8 Å². The van der Waals surface area contributed by atoms with E-state index >= 15 is 0 Å². The highest BCUT2D eigenvalue weighted by Crippen LogP contribution is 2.04. The van der Waals surface area contributed by atoms with E-state index in [2.05, 4.69) is 25.8 Å². The number of halogens is 1. The number of guanidine groups is 1. The van der Waals surface area contributed by atoms with Crippen molar-refractivity contribution in [3.63, 3.8) is 0 Å². The van der Waals surface area contributed by atoms with Crippen LogP contribution in [-0.2, 0) is 6.42 Å². The smallest absolute Gasteiger partial charge is 0.190 e. The van der Waals surface area contributed by atoms with E-state index in [0.717, 1.165) is 36.8 Å². The molecular weight excluding hydrogens is 355 g/mol. The van der Waals surface area contributed by atoms with Crippen LogP contribution in [0.3, 0.4) is 0 Å². The maximum absolute atomic E-state index is 4.19. The van der Waals surface area contributed by atoms with Gasteiger partial charge in [-0.05, 0) is 18.6 Å². The zero-order valence-corrected chi connectivity index (χ0v) is 13.5. The Kier molecular flexibility index (Phi) is 6.54. The molecule has 7 heteroatoms. The molecule has 0 amide bonds. The van der Waals surface area contributed by atoms with Gasteiger partial charge in [0, 0.05) is 33.3 Å². The first-order valence-corrected chi connectivity index (χ1v) is 6.02. The van der Waals surface area contributed by atoms with Gasteiger partial charge < -0.3 is 10.6 Å². The molecule has 6 nitrogen and oxygen atoms in total. The Morgan fingerprint density at radius 2 is 2.21 bits per heavy atom. The van der Waals surface area contributed by atoms with Crippen LogP contribution < -0.4 is 10.6 Å². The predicted octanol–water partition coefficient (Wildman–Crippen LogP) is 1.07. The average molecular weight is 374 g/mol. The highest BCUT2D eigenvalue weighted by molar-refractivity contribution is 14.0. The lowest BCUT2D eigenvalue weighted by molar-refractivity contribution is 0.723. The third-order valence-electron chi connectivity index (χ3n) is 2.71. The highest BCUT2D eigenvalue weighted by atomic mass is 127. The SMILES string of the molecule is CN=C(NC)NCCCc1nnc2ccccn12.I. The third kappa shape index (κ3) is 4.05. The normalized spacial score (nSPS) is 11.2. The first-order chi connectivity index (χ1) is 8.85. The first-order valence-electron chi connectivity index (χ1n) is 6.02. The third-order valence-corrected chi connectivity index (χ3v) is 2.71. The molecule has 0 aliphatic heterocycles. The Bertz CT molecular complexity index is 536. The quantitative estimate of drug-likeness (QED) is 0.364. The molecule has 2 aromatic rings. The minimum atomic E-state index is 0. The molecule has 104 valence electrons. The first kappa shape index (κ1) is 15.7. The molecule has 2 N–H and O–H groups in total.